The Morgan fingerprint density at radius 1 is 1.15 bits per heavy atom. The van der Waals surface area contributed by atoms with Gasteiger partial charge >= 0.3 is 0 Å². The summed E-state index contributed by atoms with van der Waals surface area (Å²) in [5, 5.41) is 9.40. The molecule has 4 bridgehead atoms. The zero-order valence-corrected chi connectivity index (χ0v) is 7.88. The minimum absolute atomic E-state index is 0.138. The molecule has 0 amide bonds. The first kappa shape index (κ1) is 8.22. The maximum atomic E-state index is 13.7. The molecule has 0 unspecified atom stereocenters. The van der Waals surface area contributed by atoms with Crippen molar-refractivity contribution in [2.24, 2.45) is 23.2 Å². The molecule has 74 valence electrons. The normalized spacial score (nSPS) is 58.6. The van der Waals surface area contributed by atoms with Gasteiger partial charge in [-0.2, -0.15) is 0 Å². The fraction of sp³-hybridized carbons (Fsp3) is 1.00. The molecular formula is C11H17FO. The monoisotopic (exact) mass is 184 g/mol. The molecule has 13 heavy (non-hydrogen) atoms. The summed E-state index contributed by atoms with van der Waals surface area (Å²) >= 11 is 0. The van der Waals surface area contributed by atoms with Gasteiger partial charge in [0.05, 0.1) is 0 Å². The fourth-order valence-corrected chi connectivity index (χ4v) is 4.32. The van der Waals surface area contributed by atoms with Gasteiger partial charge in [-0.25, -0.2) is 4.39 Å². The molecular weight excluding hydrogens is 167 g/mol. The van der Waals surface area contributed by atoms with Crippen LogP contribution in [0.1, 0.15) is 32.1 Å². The van der Waals surface area contributed by atoms with Gasteiger partial charge in [0.15, 0.2) is 0 Å². The third-order valence-electron chi connectivity index (χ3n) is 4.62. The van der Waals surface area contributed by atoms with Gasteiger partial charge in [-0.1, -0.05) is 0 Å². The molecule has 1 nitrogen and oxygen atoms in total. The van der Waals surface area contributed by atoms with E-state index >= 15 is 0 Å². The molecule has 0 spiro atoms. The number of halogens is 1. The van der Waals surface area contributed by atoms with Gasteiger partial charge in [-0.15, -0.1) is 0 Å². The summed E-state index contributed by atoms with van der Waals surface area (Å²) in [5.74, 6) is 1.31. The molecule has 2 atom stereocenters. The minimum Gasteiger partial charge on any atom is -0.396 e. The molecule has 4 aliphatic carbocycles. The van der Waals surface area contributed by atoms with E-state index in [2.05, 4.69) is 0 Å². The number of hydrogen-bond donors (Lipinski definition) is 1. The van der Waals surface area contributed by atoms with Crippen molar-refractivity contribution in [3.63, 3.8) is 0 Å². The van der Waals surface area contributed by atoms with Gasteiger partial charge in [0, 0.05) is 6.61 Å². The Morgan fingerprint density at radius 2 is 1.77 bits per heavy atom. The smallest absolute Gasteiger partial charge is 0.106 e. The van der Waals surface area contributed by atoms with Crippen molar-refractivity contribution in [2.45, 2.75) is 38.3 Å². The van der Waals surface area contributed by atoms with Gasteiger partial charge < -0.3 is 5.11 Å². The molecule has 1 N–H and O–H groups in total. The lowest BCUT2D eigenvalue weighted by molar-refractivity contribution is -0.122. The first-order valence-electron chi connectivity index (χ1n) is 5.47. The summed E-state index contributed by atoms with van der Waals surface area (Å²) in [7, 11) is 0. The molecule has 0 heterocycles. The Kier molecular flexibility index (Phi) is 1.56. The molecule has 4 aliphatic rings. The van der Waals surface area contributed by atoms with Crippen LogP contribution >= 0.6 is 0 Å². The molecule has 4 saturated carbocycles. The predicted molar refractivity (Wildman–Crippen MR) is 48.0 cm³/mol. The van der Waals surface area contributed by atoms with E-state index in [1.807, 2.05) is 0 Å². The zero-order chi connectivity index (χ0) is 9.05. The Labute approximate surface area is 78.3 Å². The van der Waals surface area contributed by atoms with E-state index in [0.29, 0.717) is 18.4 Å². The van der Waals surface area contributed by atoms with Crippen LogP contribution in [0, 0.1) is 23.2 Å². The highest BCUT2D eigenvalue weighted by atomic mass is 19.1. The van der Waals surface area contributed by atoms with Crippen LogP contribution < -0.4 is 0 Å². The van der Waals surface area contributed by atoms with Crippen LogP contribution in [0.15, 0.2) is 0 Å². The number of alkyl halides is 1. The van der Waals surface area contributed by atoms with Gasteiger partial charge in [0.1, 0.15) is 6.17 Å². The van der Waals surface area contributed by atoms with E-state index in [1.165, 1.54) is 6.42 Å². The van der Waals surface area contributed by atoms with Gasteiger partial charge in [0.25, 0.3) is 0 Å². The summed E-state index contributed by atoms with van der Waals surface area (Å²) < 4.78 is 13.7. The van der Waals surface area contributed by atoms with Crippen molar-refractivity contribution < 1.29 is 9.50 Å². The zero-order valence-electron chi connectivity index (χ0n) is 7.88. The van der Waals surface area contributed by atoms with Crippen molar-refractivity contribution in [3.05, 3.63) is 0 Å². The third-order valence-corrected chi connectivity index (χ3v) is 4.62. The summed E-state index contributed by atoms with van der Waals surface area (Å²) in [4.78, 5) is 0. The van der Waals surface area contributed by atoms with Crippen LogP contribution in [0.25, 0.3) is 0 Å². The van der Waals surface area contributed by atoms with Crippen LogP contribution in [0.4, 0.5) is 4.39 Å². The molecule has 4 rings (SSSR count). The first-order chi connectivity index (χ1) is 6.22. The molecule has 0 saturated heterocycles. The third kappa shape index (κ3) is 1.01. The molecule has 0 aromatic carbocycles. The summed E-state index contributed by atoms with van der Waals surface area (Å²) in [5.41, 5.74) is 0.138. The summed E-state index contributed by atoms with van der Waals surface area (Å²) in [6.07, 6.45) is 4.73. The second-order valence-electron chi connectivity index (χ2n) is 5.57. The van der Waals surface area contributed by atoms with E-state index in [-0.39, 0.29) is 5.41 Å². The average Bonchev–Trinajstić information content (AvgIpc) is 2.13. The molecule has 0 aromatic heterocycles. The standard InChI is InChI=1S/C11H17FO/c12-10-8-1-7-2-9(10)5-11(3-7,4-8)6-13/h7-10,13H,1-6H2/t7?,8-,9-,10?,11?/m0/s1. The van der Waals surface area contributed by atoms with Crippen molar-refractivity contribution in [2.75, 3.05) is 6.61 Å². The molecule has 2 heteroatoms. The SMILES string of the molecule is OCC12CC3C[C@@H](C1)C(F)[C@@H](C3)C2. The lowest BCUT2D eigenvalue weighted by atomic mass is 9.49. The van der Waals surface area contributed by atoms with E-state index in [0.717, 1.165) is 31.6 Å². The molecule has 0 aliphatic heterocycles. The highest BCUT2D eigenvalue weighted by Gasteiger charge is 2.55. The van der Waals surface area contributed by atoms with E-state index < -0.39 is 6.17 Å². The summed E-state index contributed by atoms with van der Waals surface area (Å²) in [6.45, 7) is 0.295. The number of hydrogen-bond acceptors (Lipinski definition) is 1. The van der Waals surface area contributed by atoms with Crippen LogP contribution in [0.3, 0.4) is 0 Å². The van der Waals surface area contributed by atoms with Gasteiger partial charge in [-0.05, 0) is 55.3 Å². The van der Waals surface area contributed by atoms with E-state index in [9.17, 15) is 9.50 Å². The Morgan fingerprint density at radius 3 is 2.31 bits per heavy atom. The van der Waals surface area contributed by atoms with E-state index in [1.54, 1.807) is 0 Å². The Balaban J connectivity index is 1.92. The van der Waals surface area contributed by atoms with E-state index in [4.69, 9.17) is 0 Å². The van der Waals surface area contributed by atoms with Crippen LogP contribution in [0.5, 0.6) is 0 Å². The van der Waals surface area contributed by atoms with Crippen molar-refractivity contribution in [3.8, 4) is 0 Å². The van der Waals surface area contributed by atoms with Crippen molar-refractivity contribution >= 4 is 0 Å². The number of aliphatic hydroxyl groups excluding tert-OH is 1. The lowest BCUT2D eigenvalue weighted by Crippen LogP contribution is -2.53. The predicted octanol–water partition coefficient (Wildman–Crippen LogP) is 2.14. The fourth-order valence-electron chi connectivity index (χ4n) is 4.32. The maximum absolute atomic E-state index is 13.7. The van der Waals surface area contributed by atoms with Gasteiger partial charge in [0.2, 0.25) is 0 Å². The molecule has 4 fully saturated rings. The molecule has 0 radical (unpaired) electrons. The largest absolute Gasteiger partial charge is 0.396 e. The minimum atomic E-state index is -0.545. The van der Waals surface area contributed by atoms with Crippen LogP contribution in [0.2, 0.25) is 0 Å². The highest BCUT2D eigenvalue weighted by Crippen LogP contribution is 2.60. The van der Waals surface area contributed by atoms with Crippen LogP contribution in [-0.4, -0.2) is 17.9 Å². The van der Waals surface area contributed by atoms with Crippen molar-refractivity contribution in [1.82, 2.24) is 0 Å². The Hall–Kier alpha value is -0.110. The lowest BCUT2D eigenvalue weighted by Gasteiger charge is -2.57. The van der Waals surface area contributed by atoms with Gasteiger partial charge in [-0.3, -0.25) is 0 Å². The quantitative estimate of drug-likeness (QED) is 0.662. The highest BCUT2D eigenvalue weighted by molar-refractivity contribution is 5.04. The molecule has 0 aromatic rings. The second-order valence-corrected chi connectivity index (χ2v) is 5.57. The second kappa shape index (κ2) is 2.47. The first-order valence-corrected chi connectivity index (χ1v) is 5.47. The number of rotatable bonds is 1. The van der Waals surface area contributed by atoms with Crippen LogP contribution in [-0.2, 0) is 0 Å². The maximum Gasteiger partial charge on any atom is 0.106 e. The van der Waals surface area contributed by atoms with Crippen molar-refractivity contribution in [1.29, 1.82) is 0 Å². The Bertz CT molecular complexity index is 212. The number of aliphatic hydroxyl groups is 1. The topological polar surface area (TPSA) is 20.2 Å². The summed E-state index contributed by atoms with van der Waals surface area (Å²) in [6, 6.07) is 0. The average molecular weight is 184 g/mol.